The molecule has 0 aliphatic heterocycles. The maximum atomic E-state index is 11.6. The van der Waals surface area contributed by atoms with Gasteiger partial charge in [-0.05, 0) is 0 Å². The average molecular weight is 710 g/mol. The molecule has 0 amide bonds. The summed E-state index contributed by atoms with van der Waals surface area (Å²) in [5.41, 5.74) is 0. The fourth-order valence-corrected chi connectivity index (χ4v) is 8.26. The van der Waals surface area contributed by atoms with Crippen LogP contribution in [0.5, 0.6) is 0 Å². The normalized spacial score (nSPS) is 14.7. The Hall–Kier alpha value is 0.740. The van der Waals surface area contributed by atoms with Crippen molar-refractivity contribution in [2.75, 3.05) is 77.0 Å². The van der Waals surface area contributed by atoms with Gasteiger partial charge in [0.2, 0.25) is 0 Å². The molecule has 0 radical (unpaired) electrons. The lowest BCUT2D eigenvalue weighted by molar-refractivity contribution is 0.181. The largest absolute Gasteiger partial charge is 0.339 e. The van der Waals surface area contributed by atoms with Gasteiger partial charge < -0.3 is 58.7 Å². The zero-order valence-electron chi connectivity index (χ0n) is 20.8. The van der Waals surface area contributed by atoms with E-state index in [4.69, 9.17) is 39.1 Å². The highest BCUT2D eigenvalue weighted by Gasteiger charge is 2.29. The van der Waals surface area contributed by atoms with Crippen molar-refractivity contribution >= 4 is 45.6 Å². The molecule has 0 aliphatic carbocycles. The zero-order valence-corrected chi connectivity index (χ0v) is 26.1. The molecule has 0 spiro atoms. The Labute approximate surface area is 228 Å². The van der Waals surface area contributed by atoms with Gasteiger partial charge in [-0.25, -0.2) is 0 Å². The molecule has 0 saturated carbocycles. The highest BCUT2D eigenvalue weighted by atomic mass is 31.2. The van der Waals surface area contributed by atoms with Gasteiger partial charge in [0.25, 0.3) is 0 Å². The summed E-state index contributed by atoms with van der Waals surface area (Å²) >= 11 is 0. The van der Waals surface area contributed by atoms with E-state index in [1.807, 2.05) is 0 Å². The van der Waals surface area contributed by atoms with Crippen LogP contribution in [0.2, 0.25) is 0 Å². The summed E-state index contributed by atoms with van der Waals surface area (Å²) in [5.74, 6) is 0. The lowest BCUT2D eigenvalue weighted by Crippen LogP contribution is -2.43. The van der Waals surface area contributed by atoms with E-state index in [1.54, 1.807) is 0 Å². The van der Waals surface area contributed by atoms with E-state index in [9.17, 15) is 47.0 Å². The van der Waals surface area contributed by atoms with Gasteiger partial charge in [0.1, 0.15) is 37.7 Å². The van der Waals surface area contributed by atoms with Crippen molar-refractivity contribution in [3.05, 3.63) is 0 Å². The lowest BCUT2D eigenvalue weighted by atomic mass is 10.4. The number of rotatable bonds is 21. The van der Waals surface area contributed by atoms with Gasteiger partial charge in [-0.15, -0.1) is 0 Å². The molecule has 40 heavy (non-hydrogen) atoms. The molecule has 0 aromatic carbocycles. The van der Waals surface area contributed by atoms with Gasteiger partial charge >= 0.3 is 45.6 Å². The maximum absolute atomic E-state index is 11.6. The van der Waals surface area contributed by atoms with Crippen molar-refractivity contribution in [1.82, 2.24) is 19.6 Å². The Morgan fingerprint density at radius 2 is 0.400 bits per heavy atom. The quantitative estimate of drug-likeness (QED) is 0.0528. The topological polar surface area (TPSA) is 358 Å². The van der Waals surface area contributed by atoms with Crippen LogP contribution in [0.3, 0.4) is 0 Å². The van der Waals surface area contributed by atoms with Crippen molar-refractivity contribution in [3.63, 3.8) is 0 Å². The Morgan fingerprint density at radius 3 is 0.550 bits per heavy atom. The summed E-state index contributed by atoms with van der Waals surface area (Å²) in [6.45, 7) is -2.65. The summed E-state index contributed by atoms with van der Waals surface area (Å²) in [5, 5.41) is 0. The Kier molecular flexibility index (Phi) is 16.5. The zero-order chi connectivity index (χ0) is 31.8. The molecule has 242 valence electrons. The molecular formula is C12H36N4O18P6. The third-order valence-electron chi connectivity index (χ3n) is 4.50. The standard InChI is InChI=1S/C12H36N4O18P6/c17-35(18,19)7-13(3-5-15(9-37(23,24)25)10-38(26,27)28)1-2-14(8-36(20,21)22)4-6-16(11-39(29,30)31)12-40(32,33)34/h1-12H2,(H2,17,18,19)(H2,20,21,22)(H2,23,24,25)(H2,26,27,28)(H2,29,30,31)(H2,32,33,34). The van der Waals surface area contributed by atoms with Crippen molar-refractivity contribution in [2.45, 2.75) is 0 Å². The summed E-state index contributed by atoms with van der Waals surface area (Å²) in [4.78, 5) is 114. The monoisotopic (exact) mass is 710 g/mol. The molecule has 22 nitrogen and oxygen atoms in total. The van der Waals surface area contributed by atoms with Crippen LogP contribution < -0.4 is 0 Å². The summed E-state index contributed by atoms with van der Waals surface area (Å²) in [6, 6.07) is 0. The molecule has 12 N–H and O–H groups in total. The molecule has 0 unspecified atom stereocenters. The minimum Gasteiger partial charge on any atom is -0.324 e. The van der Waals surface area contributed by atoms with Crippen LogP contribution in [0.4, 0.5) is 0 Å². The molecular weight excluding hydrogens is 674 g/mol. The maximum Gasteiger partial charge on any atom is 0.339 e. The number of hydrogen-bond acceptors (Lipinski definition) is 10. The van der Waals surface area contributed by atoms with E-state index in [0.717, 1.165) is 9.80 Å². The Balaban J connectivity index is 5.71. The highest BCUT2D eigenvalue weighted by Crippen LogP contribution is 2.42. The van der Waals surface area contributed by atoms with Crippen LogP contribution >= 0.6 is 45.6 Å². The fourth-order valence-electron chi connectivity index (χ4n) is 3.29. The van der Waals surface area contributed by atoms with Gasteiger partial charge in [0.15, 0.2) is 0 Å². The molecule has 0 aromatic heterocycles. The molecule has 0 heterocycles. The summed E-state index contributed by atoms with van der Waals surface area (Å²) in [7, 11) is -28.8. The molecule has 0 bridgehead atoms. The van der Waals surface area contributed by atoms with Gasteiger partial charge in [0, 0.05) is 39.3 Å². The van der Waals surface area contributed by atoms with Crippen molar-refractivity contribution in [1.29, 1.82) is 0 Å². The molecule has 0 saturated heterocycles. The fraction of sp³-hybridized carbons (Fsp3) is 1.00. The van der Waals surface area contributed by atoms with E-state index < -0.39 is 109 Å². The minimum absolute atomic E-state index is 0.387. The Bertz CT molecular complexity index is 941. The van der Waals surface area contributed by atoms with Crippen molar-refractivity contribution < 1.29 is 86.1 Å². The number of hydrogen-bond donors (Lipinski definition) is 12. The SMILES string of the molecule is O=P(O)(O)CN(CCN(CCN(CP(=O)(O)O)CP(=O)(O)O)CP(=O)(O)O)CCN(CP(=O)(O)O)CP(=O)(O)O. The van der Waals surface area contributed by atoms with Crippen molar-refractivity contribution in [3.8, 4) is 0 Å². The first-order valence-corrected chi connectivity index (χ1v) is 21.5. The lowest BCUT2D eigenvalue weighted by Gasteiger charge is -2.31. The van der Waals surface area contributed by atoms with Gasteiger partial charge in [0.05, 0.1) is 0 Å². The predicted molar refractivity (Wildman–Crippen MR) is 138 cm³/mol. The summed E-state index contributed by atoms with van der Waals surface area (Å²) in [6.07, 6.45) is -6.33. The first-order valence-electron chi connectivity index (χ1n) is 10.7. The average Bonchev–Trinajstić information content (AvgIpc) is 2.60. The second-order valence-corrected chi connectivity index (χ2v) is 18.5. The smallest absolute Gasteiger partial charge is 0.324 e. The van der Waals surface area contributed by atoms with Crippen LogP contribution in [0.15, 0.2) is 0 Å². The van der Waals surface area contributed by atoms with Crippen LogP contribution in [-0.2, 0) is 27.4 Å². The first kappa shape index (κ1) is 40.7. The molecule has 0 rings (SSSR count). The van der Waals surface area contributed by atoms with E-state index in [2.05, 4.69) is 0 Å². The van der Waals surface area contributed by atoms with Crippen LogP contribution in [0, 0.1) is 0 Å². The van der Waals surface area contributed by atoms with Gasteiger partial charge in [-0.1, -0.05) is 0 Å². The number of nitrogens with zero attached hydrogens (tertiary/aromatic N) is 4. The third kappa shape index (κ3) is 26.4. The first-order chi connectivity index (χ1) is 17.5. The van der Waals surface area contributed by atoms with E-state index in [1.165, 1.54) is 0 Å². The molecule has 0 atom stereocenters. The van der Waals surface area contributed by atoms with Crippen molar-refractivity contribution in [2.24, 2.45) is 0 Å². The second-order valence-electron chi connectivity index (χ2n) is 8.86. The van der Waals surface area contributed by atoms with E-state index in [-0.39, 0.29) is 13.1 Å². The minimum atomic E-state index is -4.81. The van der Waals surface area contributed by atoms with Gasteiger partial charge in [-0.2, -0.15) is 0 Å². The van der Waals surface area contributed by atoms with Crippen LogP contribution in [0.25, 0.3) is 0 Å². The molecule has 28 heteroatoms. The van der Waals surface area contributed by atoms with E-state index >= 15 is 0 Å². The molecule has 0 fully saturated rings. The second kappa shape index (κ2) is 16.2. The van der Waals surface area contributed by atoms with E-state index in [0.29, 0.717) is 9.80 Å². The molecule has 0 aromatic rings. The highest BCUT2D eigenvalue weighted by molar-refractivity contribution is 7.53. The van der Waals surface area contributed by atoms with Crippen LogP contribution in [0.1, 0.15) is 0 Å². The van der Waals surface area contributed by atoms with Crippen LogP contribution in [-0.4, -0.2) is 155 Å². The third-order valence-corrected chi connectivity index (χ3v) is 9.11. The Morgan fingerprint density at radius 1 is 0.275 bits per heavy atom. The molecule has 0 aliphatic rings. The van der Waals surface area contributed by atoms with Gasteiger partial charge in [-0.3, -0.25) is 47.0 Å². The summed E-state index contributed by atoms with van der Waals surface area (Å²) < 4.78 is 68.5. The predicted octanol–water partition coefficient (Wildman–Crippen LogP) is -2.99.